The topological polar surface area (TPSA) is 63.9 Å². The number of imidazole rings is 1. The number of hydrogen-bond donors (Lipinski definition) is 2. The van der Waals surface area contributed by atoms with E-state index < -0.39 is 0 Å². The van der Waals surface area contributed by atoms with Crippen LogP contribution < -0.4 is 28.0 Å². The lowest BCUT2D eigenvalue weighted by molar-refractivity contribution is -0.656. The molecule has 1 saturated heterocycles. The second kappa shape index (κ2) is 5.32. The van der Waals surface area contributed by atoms with Crippen molar-refractivity contribution in [2.75, 3.05) is 12.3 Å². The summed E-state index contributed by atoms with van der Waals surface area (Å²) in [5.74, 6) is 0.830. The fourth-order valence-corrected chi connectivity index (χ4v) is 1.91. The molecule has 0 saturated carbocycles. The van der Waals surface area contributed by atoms with Gasteiger partial charge in [0.05, 0.1) is 25.5 Å². The van der Waals surface area contributed by atoms with E-state index >= 15 is 0 Å². The van der Waals surface area contributed by atoms with Crippen LogP contribution in [0.15, 0.2) is 12.4 Å². The van der Waals surface area contributed by atoms with Crippen LogP contribution in [0.5, 0.6) is 0 Å². The molecular formula is C10H17ClN4O. The number of Topliss-reactive ketones (excluding diaryl/α,β-unsaturated/α-hetero) is 1. The molecule has 1 aliphatic rings. The quantitative estimate of drug-likeness (QED) is 0.537. The van der Waals surface area contributed by atoms with Crippen molar-refractivity contribution in [1.82, 2.24) is 9.88 Å². The molecule has 5 nitrogen and oxygen atoms in total. The lowest BCUT2D eigenvalue weighted by Gasteiger charge is -2.07. The van der Waals surface area contributed by atoms with Crippen molar-refractivity contribution in [3.8, 4) is 0 Å². The monoisotopic (exact) mass is 244 g/mol. The summed E-state index contributed by atoms with van der Waals surface area (Å²) >= 11 is 0. The summed E-state index contributed by atoms with van der Waals surface area (Å²) in [6.45, 7) is 1.32. The third kappa shape index (κ3) is 2.54. The summed E-state index contributed by atoms with van der Waals surface area (Å²) in [7, 11) is 1.87. The summed E-state index contributed by atoms with van der Waals surface area (Å²) in [4.78, 5) is 11.8. The van der Waals surface area contributed by atoms with E-state index in [0.717, 1.165) is 19.4 Å². The number of nitrogen functional groups attached to an aromatic ring is 1. The fourth-order valence-electron chi connectivity index (χ4n) is 1.91. The molecule has 1 unspecified atom stereocenters. The van der Waals surface area contributed by atoms with Crippen LogP contribution in [-0.2, 0) is 18.4 Å². The lowest BCUT2D eigenvalue weighted by atomic mass is 10.1. The van der Waals surface area contributed by atoms with E-state index in [4.69, 9.17) is 5.73 Å². The molecule has 0 aliphatic carbocycles. The fraction of sp³-hybridized carbons (Fsp3) is 0.600. The van der Waals surface area contributed by atoms with E-state index in [9.17, 15) is 4.79 Å². The van der Waals surface area contributed by atoms with Gasteiger partial charge in [0.25, 0.3) is 0 Å². The number of aromatic nitrogens is 2. The maximum absolute atomic E-state index is 11.8. The molecule has 1 aromatic heterocycles. The minimum Gasteiger partial charge on any atom is -1.00 e. The van der Waals surface area contributed by atoms with Gasteiger partial charge in [0.2, 0.25) is 0 Å². The molecule has 1 fully saturated rings. The largest absolute Gasteiger partial charge is 1.00 e. The number of halogens is 1. The van der Waals surface area contributed by atoms with E-state index in [-0.39, 0.29) is 24.2 Å². The average Bonchev–Trinajstić information content (AvgIpc) is 2.83. The molecule has 0 bridgehead atoms. The van der Waals surface area contributed by atoms with Gasteiger partial charge in [-0.25, -0.2) is 9.13 Å². The van der Waals surface area contributed by atoms with Crippen LogP contribution in [0.25, 0.3) is 0 Å². The Kier molecular flexibility index (Phi) is 4.32. The number of ketones is 1. The van der Waals surface area contributed by atoms with Gasteiger partial charge in [-0.15, -0.1) is 0 Å². The number of aryl methyl sites for hydroxylation is 1. The van der Waals surface area contributed by atoms with Crippen molar-refractivity contribution in [2.45, 2.75) is 25.4 Å². The van der Waals surface area contributed by atoms with Crippen molar-refractivity contribution in [2.24, 2.45) is 7.05 Å². The second-order valence-electron chi connectivity index (χ2n) is 4.01. The van der Waals surface area contributed by atoms with Crippen LogP contribution in [0.1, 0.15) is 12.8 Å². The molecule has 1 atom stereocenters. The molecule has 3 N–H and O–H groups in total. The number of anilines is 1. The van der Waals surface area contributed by atoms with Crippen LogP contribution >= 0.6 is 0 Å². The molecule has 16 heavy (non-hydrogen) atoms. The second-order valence-corrected chi connectivity index (χ2v) is 4.01. The molecule has 1 aromatic rings. The van der Waals surface area contributed by atoms with Gasteiger partial charge in [-0.3, -0.25) is 10.5 Å². The Hall–Kier alpha value is -1.07. The zero-order valence-corrected chi connectivity index (χ0v) is 10.1. The Morgan fingerprint density at radius 3 is 3.00 bits per heavy atom. The van der Waals surface area contributed by atoms with Crippen LogP contribution in [0.3, 0.4) is 0 Å². The molecule has 2 heterocycles. The Bertz CT molecular complexity index is 371. The third-order valence-corrected chi connectivity index (χ3v) is 2.90. The highest BCUT2D eigenvalue weighted by molar-refractivity contribution is 5.84. The molecule has 2 rings (SSSR count). The van der Waals surface area contributed by atoms with Gasteiger partial charge >= 0.3 is 5.95 Å². The zero-order chi connectivity index (χ0) is 10.8. The standard InChI is InChI=1S/C10H16N4O.ClH/c1-13-5-6-14(10(13)11)7-9(15)8-3-2-4-12-8;/h5-6,8,11-12H,2-4,7H2,1H3;1H. The summed E-state index contributed by atoms with van der Waals surface area (Å²) in [6, 6.07) is 0.0251. The smallest absolute Gasteiger partial charge is 0.355 e. The number of hydrogen-bond acceptors (Lipinski definition) is 3. The molecular weight excluding hydrogens is 228 g/mol. The zero-order valence-electron chi connectivity index (χ0n) is 9.32. The van der Waals surface area contributed by atoms with Crippen molar-refractivity contribution >= 4 is 11.7 Å². The third-order valence-electron chi connectivity index (χ3n) is 2.90. The number of nitrogens with two attached hydrogens (primary N) is 1. The first-order valence-corrected chi connectivity index (χ1v) is 5.25. The molecule has 0 radical (unpaired) electrons. The van der Waals surface area contributed by atoms with Crippen LogP contribution in [0.2, 0.25) is 0 Å². The number of carbonyl (C=O) groups excluding carboxylic acids is 1. The maximum atomic E-state index is 11.8. The van der Waals surface area contributed by atoms with E-state index in [1.165, 1.54) is 0 Å². The Morgan fingerprint density at radius 2 is 2.50 bits per heavy atom. The predicted molar refractivity (Wildman–Crippen MR) is 56.1 cm³/mol. The minimum absolute atomic E-state index is 0. The Morgan fingerprint density at radius 1 is 1.75 bits per heavy atom. The van der Waals surface area contributed by atoms with Gasteiger partial charge in [0.15, 0.2) is 5.78 Å². The SMILES string of the molecule is C[n+]1ccn(CC(=O)C2CCCN2)c1N.[Cl-]. The first kappa shape index (κ1) is 13.0. The predicted octanol–water partition coefficient (Wildman–Crippen LogP) is -3.78. The number of nitrogens with one attached hydrogen (secondary N) is 1. The highest BCUT2D eigenvalue weighted by atomic mass is 35.5. The van der Waals surface area contributed by atoms with Crippen LogP contribution in [-0.4, -0.2) is 22.9 Å². The average molecular weight is 245 g/mol. The Balaban J connectivity index is 0.00000128. The van der Waals surface area contributed by atoms with Crippen molar-refractivity contribution < 1.29 is 21.8 Å². The molecule has 6 heteroatoms. The van der Waals surface area contributed by atoms with Gasteiger partial charge in [-0.05, 0) is 19.4 Å². The van der Waals surface area contributed by atoms with Crippen molar-refractivity contribution in [3.63, 3.8) is 0 Å². The molecule has 0 spiro atoms. The summed E-state index contributed by atoms with van der Waals surface area (Å²) in [5.41, 5.74) is 5.80. The molecule has 0 aromatic carbocycles. The summed E-state index contributed by atoms with van der Waals surface area (Å²) in [5, 5.41) is 3.19. The first-order valence-electron chi connectivity index (χ1n) is 5.25. The summed E-state index contributed by atoms with van der Waals surface area (Å²) in [6.07, 6.45) is 5.73. The van der Waals surface area contributed by atoms with Crippen molar-refractivity contribution in [3.05, 3.63) is 12.4 Å². The van der Waals surface area contributed by atoms with Gasteiger partial charge in [-0.1, -0.05) is 0 Å². The lowest BCUT2D eigenvalue weighted by Crippen LogP contribution is -3.00. The van der Waals surface area contributed by atoms with E-state index in [2.05, 4.69) is 5.32 Å². The van der Waals surface area contributed by atoms with E-state index in [1.54, 1.807) is 9.13 Å². The number of rotatable bonds is 3. The highest BCUT2D eigenvalue weighted by Crippen LogP contribution is 2.08. The van der Waals surface area contributed by atoms with E-state index in [1.807, 2.05) is 19.4 Å². The number of nitrogens with zero attached hydrogens (tertiary/aromatic N) is 2. The first-order chi connectivity index (χ1) is 7.18. The van der Waals surface area contributed by atoms with Crippen LogP contribution in [0.4, 0.5) is 5.95 Å². The normalized spacial score (nSPS) is 19.4. The maximum Gasteiger partial charge on any atom is 0.355 e. The van der Waals surface area contributed by atoms with Gasteiger partial charge < -0.3 is 17.7 Å². The number of carbonyl (C=O) groups is 1. The van der Waals surface area contributed by atoms with Gasteiger partial charge in [0.1, 0.15) is 6.54 Å². The molecule has 1 aliphatic heterocycles. The molecule has 90 valence electrons. The van der Waals surface area contributed by atoms with E-state index in [0.29, 0.717) is 12.5 Å². The van der Waals surface area contributed by atoms with Gasteiger partial charge in [0, 0.05) is 0 Å². The van der Waals surface area contributed by atoms with Crippen LogP contribution in [0, 0.1) is 0 Å². The van der Waals surface area contributed by atoms with Crippen molar-refractivity contribution in [1.29, 1.82) is 0 Å². The summed E-state index contributed by atoms with van der Waals surface area (Å²) < 4.78 is 3.58. The Labute approximate surface area is 101 Å². The minimum atomic E-state index is 0. The molecule has 0 amide bonds. The highest BCUT2D eigenvalue weighted by Gasteiger charge is 2.24. The van der Waals surface area contributed by atoms with Gasteiger partial charge in [-0.2, -0.15) is 0 Å².